The van der Waals surface area contributed by atoms with Gasteiger partial charge in [0.2, 0.25) is 5.91 Å². The van der Waals surface area contributed by atoms with Crippen molar-refractivity contribution in [2.75, 3.05) is 0 Å². The van der Waals surface area contributed by atoms with Crippen LogP contribution < -0.4 is 11.1 Å². The molecule has 20 heavy (non-hydrogen) atoms. The topological polar surface area (TPSA) is 75.4 Å². The normalized spacial score (nSPS) is 13.5. The average Bonchev–Trinajstić information content (AvgIpc) is 2.47. The van der Waals surface area contributed by atoms with Crippen molar-refractivity contribution in [2.24, 2.45) is 5.73 Å². The van der Waals surface area contributed by atoms with Crippen LogP contribution in [0.15, 0.2) is 54.6 Å². The molecular weight excluding hydrogens is 252 g/mol. The van der Waals surface area contributed by atoms with E-state index in [-0.39, 0.29) is 18.2 Å². The fourth-order valence-electron chi connectivity index (χ4n) is 1.93. The molecule has 0 aliphatic rings. The monoisotopic (exact) mass is 270 g/mol. The molecule has 2 rings (SSSR count). The Balaban J connectivity index is 2.07. The first-order chi connectivity index (χ1) is 9.51. The second kappa shape index (κ2) is 5.75. The van der Waals surface area contributed by atoms with Crippen molar-refractivity contribution >= 4 is 5.91 Å². The highest BCUT2D eigenvalue weighted by atomic mass is 16.3. The fourth-order valence-corrected chi connectivity index (χ4v) is 1.93. The molecule has 1 amide bonds. The maximum atomic E-state index is 12.2. The minimum Gasteiger partial charge on any atom is -0.508 e. The average molecular weight is 270 g/mol. The summed E-state index contributed by atoms with van der Waals surface area (Å²) in [7, 11) is 0. The van der Waals surface area contributed by atoms with E-state index in [1.165, 1.54) is 0 Å². The number of carbonyl (C=O) groups is 1. The zero-order valence-electron chi connectivity index (χ0n) is 11.3. The first-order valence-electron chi connectivity index (χ1n) is 6.41. The highest BCUT2D eigenvalue weighted by Crippen LogP contribution is 2.19. The van der Waals surface area contributed by atoms with Gasteiger partial charge in [0.25, 0.3) is 0 Å². The van der Waals surface area contributed by atoms with Gasteiger partial charge >= 0.3 is 0 Å². The minimum absolute atomic E-state index is 0.159. The molecule has 4 heteroatoms. The molecule has 2 aromatic carbocycles. The summed E-state index contributed by atoms with van der Waals surface area (Å²) >= 11 is 0. The van der Waals surface area contributed by atoms with Gasteiger partial charge < -0.3 is 16.2 Å². The molecule has 0 radical (unpaired) electrons. The van der Waals surface area contributed by atoms with Crippen molar-refractivity contribution in [3.63, 3.8) is 0 Å². The zero-order valence-corrected chi connectivity index (χ0v) is 11.3. The highest BCUT2D eigenvalue weighted by molar-refractivity contribution is 5.87. The van der Waals surface area contributed by atoms with Crippen molar-refractivity contribution in [2.45, 2.75) is 19.0 Å². The first kappa shape index (κ1) is 14.1. The minimum atomic E-state index is -1.11. The molecule has 0 heterocycles. The molecule has 0 saturated heterocycles. The molecule has 2 aromatic rings. The number of rotatable bonds is 4. The molecule has 4 nitrogen and oxygen atoms in total. The lowest BCUT2D eigenvalue weighted by atomic mass is 9.92. The molecule has 1 unspecified atom stereocenters. The van der Waals surface area contributed by atoms with Crippen LogP contribution in [0.5, 0.6) is 5.75 Å². The second-order valence-corrected chi connectivity index (χ2v) is 4.88. The van der Waals surface area contributed by atoms with Crippen LogP contribution in [0.2, 0.25) is 0 Å². The number of hydrogen-bond donors (Lipinski definition) is 3. The van der Waals surface area contributed by atoms with Gasteiger partial charge in [0.1, 0.15) is 11.3 Å². The molecule has 104 valence electrons. The second-order valence-electron chi connectivity index (χ2n) is 4.88. The molecule has 0 spiro atoms. The molecule has 4 N–H and O–H groups in total. The van der Waals surface area contributed by atoms with E-state index in [0.717, 1.165) is 5.56 Å². The lowest BCUT2D eigenvalue weighted by Crippen LogP contribution is -2.48. The molecule has 0 aliphatic carbocycles. The Hall–Kier alpha value is -2.33. The Morgan fingerprint density at radius 2 is 1.75 bits per heavy atom. The third-order valence-corrected chi connectivity index (χ3v) is 3.28. The van der Waals surface area contributed by atoms with E-state index in [2.05, 4.69) is 5.32 Å². The van der Waals surface area contributed by atoms with Crippen LogP contribution in [0.4, 0.5) is 0 Å². The Kier molecular flexibility index (Phi) is 4.05. The van der Waals surface area contributed by atoms with Crippen LogP contribution >= 0.6 is 0 Å². The Bertz CT molecular complexity index is 594. The lowest BCUT2D eigenvalue weighted by Gasteiger charge is -2.24. The van der Waals surface area contributed by atoms with Crippen molar-refractivity contribution in [1.82, 2.24) is 5.32 Å². The smallest absolute Gasteiger partial charge is 0.244 e. The number of nitrogens with one attached hydrogen (secondary N) is 1. The van der Waals surface area contributed by atoms with E-state index in [0.29, 0.717) is 5.56 Å². The van der Waals surface area contributed by atoms with E-state index < -0.39 is 5.54 Å². The van der Waals surface area contributed by atoms with E-state index >= 15 is 0 Å². The molecule has 0 fully saturated rings. The maximum absolute atomic E-state index is 12.2. The van der Waals surface area contributed by atoms with Gasteiger partial charge in [0.05, 0.1) is 0 Å². The van der Waals surface area contributed by atoms with Crippen molar-refractivity contribution < 1.29 is 9.90 Å². The van der Waals surface area contributed by atoms with Crippen LogP contribution in [0.1, 0.15) is 18.1 Å². The predicted molar refractivity (Wildman–Crippen MR) is 77.9 cm³/mol. The van der Waals surface area contributed by atoms with Crippen molar-refractivity contribution in [3.8, 4) is 5.75 Å². The Morgan fingerprint density at radius 1 is 1.15 bits per heavy atom. The van der Waals surface area contributed by atoms with Gasteiger partial charge in [-0.05, 0) is 18.6 Å². The van der Waals surface area contributed by atoms with Gasteiger partial charge in [-0.15, -0.1) is 0 Å². The van der Waals surface area contributed by atoms with Crippen molar-refractivity contribution in [1.29, 1.82) is 0 Å². The maximum Gasteiger partial charge on any atom is 0.244 e. The summed E-state index contributed by atoms with van der Waals surface area (Å²) in [6, 6.07) is 16.1. The molecule has 0 saturated carbocycles. The van der Waals surface area contributed by atoms with Crippen LogP contribution in [0.3, 0.4) is 0 Å². The summed E-state index contributed by atoms with van der Waals surface area (Å²) in [6.45, 7) is 1.91. The van der Waals surface area contributed by atoms with Crippen LogP contribution in [0, 0.1) is 0 Å². The van der Waals surface area contributed by atoms with Crippen molar-refractivity contribution in [3.05, 3.63) is 65.7 Å². The van der Waals surface area contributed by atoms with Gasteiger partial charge in [0.15, 0.2) is 0 Å². The van der Waals surface area contributed by atoms with Crippen LogP contribution in [-0.2, 0) is 16.9 Å². The summed E-state index contributed by atoms with van der Waals surface area (Å²) in [5.41, 5.74) is 6.41. The molecule has 0 bridgehead atoms. The number of para-hydroxylation sites is 1. The first-order valence-corrected chi connectivity index (χ1v) is 6.41. The number of benzene rings is 2. The fraction of sp³-hybridized carbons (Fsp3) is 0.188. The van der Waals surface area contributed by atoms with Crippen LogP contribution in [0.25, 0.3) is 0 Å². The molecule has 1 atom stereocenters. The summed E-state index contributed by atoms with van der Waals surface area (Å²) in [5.74, 6) is -0.127. The third kappa shape index (κ3) is 2.97. The SMILES string of the molecule is CC(N)(C(=O)NCc1ccccc1O)c1ccccc1. The van der Waals surface area contributed by atoms with Crippen LogP contribution in [-0.4, -0.2) is 11.0 Å². The largest absolute Gasteiger partial charge is 0.508 e. The number of nitrogens with two attached hydrogens (primary N) is 1. The zero-order chi connectivity index (χ0) is 14.6. The van der Waals surface area contributed by atoms with Gasteiger partial charge in [-0.3, -0.25) is 4.79 Å². The van der Waals surface area contributed by atoms with Gasteiger partial charge in [-0.2, -0.15) is 0 Å². The molecular formula is C16H18N2O2. The number of phenolic OH excluding ortho intramolecular Hbond substituents is 1. The van der Waals surface area contributed by atoms with Gasteiger partial charge in [-0.1, -0.05) is 48.5 Å². The summed E-state index contributed by atoms with van der Waals surface area (Å²) in [6.07, 6.45) is 0. The van der Waals surface area contributed by atoms with E-state index in [1.54, 1.807) is 31.2 Å². The summed E-state index contributed by atoms with van der Waals surface area (Å²) < 4.78 is 0. The number of aromatic hydroxyl groups is 1. The predicted octanol–water partition coefficient (Wildman–Crippen LogP) is 1.88. The number of hydrogen-bond acceptors (Lipinski definition) is 3. The number of phenols is 1. The highest BCUT2D eigenvalue weighted by Gasteiger charge is 2.30. The van der Waals surface area contributed by atoms with E-state index in [4.69, 9.17) is 5.73 Å². The number of carbonyl (C=O) groups excluding carboxylic acids is 1. The van der Waals surface area contributed by atoms with Gasteiger partial charge in [-0.25, -0.2) is 0 Å². The molecule has 0 aromatic heterocycles. The summed E-state index contributed by atoms with van der Waals surface area (Å²) in [5, 5.41) is 12.4. The quantitative estimate of drug-likeness (QED) is 0.794. The van der Waals surface area contributed by atoms with E-state index in [1.807, 2.05) is 30.3 Å². The number of amides is 1. The Morgan fingerprint density at radius 3 is 2.40 bits per heavy atom. The molecule has 0 aliphatic heterocycles. The third-order valence-electron chi connectivity index (χ3n) is 3.28. The standard InChI is InChI=1S/C16H18N2O2/c1-16(17,13-8-3-2-4-9-13)15(20)18-11-12-7-5-6-10-14(12)19/h2-10,19H,11,17H2,1H3,(H,18,20). The lowest BCUT2D eigenvalue weighted by molar-refractivity contribution is -0.126. The Labute approximate surface area is 118 Å². The van der Waals surface area contributed by atoms with E-state index in [9.17, 15) is 9.90 Å². The summed E-state index contributed by atoms with van der Waals surface area (Å²) in [4.78, 5) is 12.2. The van der Waals surface area contributed by atoms with Gasteiger partial charge in [0, 0.05) is 12.1 Å².